The lowest BCUT2D eigenvalue weighted by Gasteiger charge is -2.20. The van der Waals surface area contributed by atoms with E-state index in [0.717, 1.165) is 11.3 Å². The van der Waals surface area contributed by atoms with Crippen molar-refractivity contribution in [3.63, 3.8) is 0 Å². The normalized spacial score (nSPS) is 12.3. The quantitative estimate of drug-likeness (QED) is 0.769. The molecule has 1 aromatic rings. The van der Waals surface area contributed by atoms with Crippen LogP contribution in [0.1, 0.15) is 26.3 Å². The van der Waals surface area contributed by atoms with Gasteiger partial charge in [0.2, 0.25) is 0 Å². The highest BCUT2D eigenvalue weighted by Crippen LogP contribution is 2.12. The van der Waals surface area contributed by atoms with Crippen molar-refractivity contribution < 1.29 is 14.3 Å². The Balaban J connectivity index is 2.59. The first-order chi connectivity index (χ1) is 9.02. The molecule has 1 atom stereocenters. The molecule has 0 amide bonds. The zero-order chi connectivity index (χ0) is 14.3. The van der Waals surface area contributed by atoms with E-state index in [0.29, 0.717) is 6.61 Å². The van der Waals surface area contributed by atoms with Gasteiger partial charge >= 0.3 is 5.97 Å². The fraction of sp³-hybridized carbons (Fsp3) is 0.533. The van der Waals surface area contributed by atoms with Gasteiger partial charge in [0, 0.05) is 6.04 Å². The minimum absolute atomic E-state index is 0.190. The van der Waals surface area contributed by atoms with Gasteiger partial charge in [-0.25, -0.2) is 0 Å². The summed E-state index contributed by atoms with van der Waals surface area (Å²) < 4.78 is 10.7. The lowest BCUT2D eigenvalue weighted by molar-refractivity contribution is -0.146. The molecule has 4 nitrogen and oxygen atoms in total. The number of nitrogens with one attached hydrogen (secondary N) is 1. The number of carbonyl (C=O) groups is 1. The van der Waals surface area contributed by atoms with Crippen molar-refractivity contribution in [1.82, 2.24) is 5.32 Å². The Labute approximate surface area is 115 Å². The summed E-state index contributed by atoms with van der Waals surface area (Å²) in [6.07, 6.45) is 0. The predicted octanol–water partition coefficient (Wildman–Crippen LogP) is 2.30. The van der Waals surface area contributed by atoms with Crippen molar-refractivity contribution in [1.29, 1.82) is 0 Å². The summed E-state index contributed by atoms with van der Waals surface area (Å²) in [6.45, 7) is 8.41. The summed E-state index contributed by atoms with van der Waals surface area (Å²) in [5.41, 5.74) is 1.13. The van der Waals surface area contributed by atoms with E-state index in [2.05, 4.69) is 5.32 Å². The molecule has 106 valence electrons. The standard InChI is InChI=1S/C15H23NO3/c1-5-18-15(17)14(16-11(2)3)10-19-13-8-6-7-12(4)9-13/h6-9,11,14,16H,5,10H2,1-4H3. The number of esters is 1. The van der Waals surface area contributed by atoms with Crippen LogP contribution in [0.15, 0.2) is 24.3 Å². The zero-order valence-electron chi connectivity index (χ0n) is 12.1. The summed E-state index contributed by atoms with van der Waals surface area (Å²) >= 11 is 0. The van der Waals surface area contributed by atoms with Gasteiger partial charge in [-0.05, 0) is 31.5 Å². The van der Waals surface area contributed by atoms with Gasteiger partial charge < -0.3 is 9.47 Å². The zero-order valence-corrected chi connectivity index (χ0v) is 12.1. The number of hydrogen-bond acceptors (Lipinski definition) is 4. The molecule has 0 radical (unpaired) electrons. The summed E-state index contributed by atoms with van der Waals surface area (Å²) in [4.78, 5) is 11.8. The smallest absolute Gasteiger partial charge is 0.326 e. The molecule has 0 saturated carbocycles. The molecule has 1 N–H and O–H groups in total. The number of ether oxygens (including phenoxy) is 2. The largest absolute Gasteiger partial charge is 0.491 e. The summed E-state index contributed by atoms with van der Waals surface area (Å²) in [5, 5.41) is 3.15. The average molecular weight is 265 g/mol. The predicted molar refractivity (Wildman–Crippen MR) is 75.4 cm³/mol. The number of hydrogen-bond donors (Lipinski definition) is 1. The molecule has 0 heterocycles. The SMILES string of the molecule is CCOC(=O)C(COc1cccc(C)c1)NC(C)C. The Morgan fingerprint density at radius 1 is 1.37 bits per heavy atom. The molecule has 0 aliphatic heterocycles. The molecule has 0 spiro atoms. The van der Waals surface area contributed by atoms with Crippen LogP contribution in [0, 0.1) is 6.92 Å². The lowest BCUT2D eigenvalue weighted by Crippen LogP contribution is -2.45. The Bertz CT molecular complexity index is 404. The third kappa shape index (κ3) is 5.75. The van der Waals surface area contributed by atoms with E-state index in [1.165, 1.54) is 0 Å². The molecule has 0 bridgehead atoms. The average Bonchev–Trinajstić information content (AvgIpc) is 2.34. The minimum atomic E-state index is -0.444. The highest BCUT2D eigenvalue weighted by molar-refractivity contribution is 5.76. The fourth-order valence-electron chi connectivity index (χ4n) is 1.71. The molecule has 0 fully saturated rings. The van der Waals surface area contributed by atoms with Crippen LogP contribution in [-0.4, -0.2) is 31.3 Å². The third-order valence-corrected chi connectivity index (χ3v) is 2.51. The number of aryl methyl sites for hydroxylation is 1. The van der Waals surface area contributed by atoms with E-state index in [9.17, 15) is 4.79 Å². The number of benzene rings is 1. The molecule has 1 rings (SSSR count). The van der Waals surface area contributed by atoms with E-state index in [4.69, 9.17) is 9.47 Å². The monoisotopic (exact) mass is 265 g/mol. The van der Waals surface area contributed by atoms with E-state index in [1.54, 1.807) is 6.92 Å². The Morgan fingerprint density at radius 3 is 2.68 bits per heavy atom. The Morgan fingerprint density at radius 2 is 2.11 bits per heavy atom. The maximum Gasteiger partial charge on any atom is 0.326 e. The van der Waals surface area contributed by atoms with Gasteiger partial charge in [-0.15, -0.1) is 0 Å². The Kier molecular flexibility index (Phi) is 6.36. The maximum atomic E-state index is 11.8. The van der Waals surface area contributed by atoms with Crippen molar-refractivity contribution in [2.75, 3.05) is 13.2 Å². The van der Waals surface area contributed by atoms with Gasteiger partial charge in [-0.2, -0.15) is 0 Å². The number of carbonyl (C=O) groups excluding carboxylic acids is 1. The van der Waals surface area contributed by atoms with E-state index in [-0.39, 0.29) is 18.6 Å². The van der Waals surface area contributed by atoms with Crippen LogP contribution < -0.4 is 10.1 Å². The highest BCUT2D eigenvalue weighted by Gasteiger charge is 2.21. The second kappa shape index (κ2) is 7.79. The number of rotatable bonds is 7. The van der Waals surface area contributed by atoms with Crippen LogP contribution in [-0.2, 0) is 9.53 Å². The minimum Gasteiger partial charge on any atom is -0.491 e. The third-order valence-electron chi connectivity index (χ3n) is 2.51. The fourth-order valence-corrected chi connectivity index (χ4v) is 1.71. The second-order valence-electron chi connectivity index (χ2n) is 4.75. The van der Waals surface area contributed by atoms with Crippen molar-refractivity contribution in [2.24, 2.45) is 0 Å². The van der Waals surface area contributed by atoms with Crippen molar-refractivity contribution >= 4 is 5.97 Å². The summed E-state index contributed by atoms with van der Waals surface area (Å²) in [7, 11) is 0. The molecule has 0 aromatic heterocycles. The molecule has 1 unspecified atom stereocenters. The topological polar surface area (TPSA) is 47.6 Å². The molecule has 4 heteroatoms. The molecular formula is C15H23NO3. The van der Waals surface area contributed by atoms with Crippen molar-refractivity contribution in [3.05, 3.63) is 29.8 Å². The maximum absolute atomic E-state index is 11.8. The van der Waals surface area contributed by atoms with E-state index < -0.39 is 6.04 Å². The summed E-state index contributed by atoms with van der Waals surface area (Å²) in [6, 6.07) is 7.50. The molecule has 0 aliphatic carbocycles. The van der Waals surface area contributed by atoms with Crippen LogP contribution in [0.3, 0.4) is 0 Å². The highest BCUT2D eigenvalue weighted by atomic mass is 16.5. The van der Waals surface area contributed by atoms with Gasteiger partial charge in [0.05, 0.1) is 6.61 Å². The second-order valence-corrected chi connectivity index (χ2v) is 4.75. The Hall–Kier alpha value is -1.55. The lowest BCUT2D eigenvalue weighted by atomic mass is 10.2. The molecule has 0 aliphatic rings. The first kappa shape index (κ1) is 15.5. The van der Waals surface area contributed by atoms with Gasteiger partial charge in [0.15, 0.2) is 0 Å². The molecular weight excluding hydrogens is 242 g/mol. The van der Waals surface area contributed by atoms with E-state index in [1.807, 2.05) is 45.0 Å². The molecule has 0 saturated heterocycles. The molecule has 19 heavy (non-hydrogen) atoms. The van der Waals surface area contributed by atoms with Crippen molar-refractivity contribution in [3.8, 4) is 5.75 Å². The van der Waals surface area contributed by atoms with Crippen LogP contribution in [0.5, 0.6) is 5.75 Å². The first-order valence-corrected chi connectivity index (χ1v) is 6.65. The van der Waals surface area contributed by atoms with Gasteiger partial charge in [0.25, 0.3) is 0 Å². The van der Waals surface area contributed by atoms with Gasteiger partial charge in [-0.1, -0.05) is 26.0 Å². The summed E-state index contributed by atoms with van der Waals surface area (Å²) in [5.74, 6) is 0.490. The van der Waals surface area contributed by atoms with Crippen LogP contribution >= 0.6 is 0 Å². The van der Waals surface area contributed by atoms with Gasteiger partial charge in [0.1, 0.15) is 18.4 Å². The van der Waals surface area contributed by atoms with E-state index >= 15 is 0 Å². The van der Waals surface area contributed by atoms with Gasteiger partial charge in [-0.3, -0.25) is 10.1 Å². The van der Waals surface area contributed by atoms with Crippen molar-refractivity contribution in [2.45, 2.75) is 39.8 Å². The first-order valence-electron chi connectivity index (χ1n) is 6.65. The van der Waals surface area contributed by atoms with Crippen LogP contribution in [0.2, 0.25) is 0 Å². The van der Waals surface area contributed by atoms with Crippen LogP contribution in [0.25, 0.3) is 0 Å². The molecule has 1 aromatic carbocycles. The van der Waals surface area contributed by atoms with Crippen LogP contribution in [0.4, 0.5) is 0 Å².